The third-order valence-electron chi connectivity index (χ3n) is 5.54. The number of hydrogen-bond donors (Lipinski definition) is 1. The third kappa shape index (κ3) is 3.91. The molecule has 0 radical (unpaired) electrons. The van der Waals surface area contributed by atoms with Gasteiger partial charge in [-0.25, -0.2) is 4.79 Å². The molecule has 1 aromatic carbocycles. The van der Waals surface area contributed by atoms with E-state index in [0.717, 1.165) is 55.7 Å². The summed E-state index contributed by atoms with van der Waals surface area (Å²) in [5.74, 6) is 0. The smallest absolute Gasteiger partial charge is 0.322 e. The van der Waals surface area contributed by atoms with Crippen molar-refractivity contribution in [2.75, 3.05) is 32.2 Å². The van der Waals surface area contributed by atoms with Gasteiger partial charge in [-0.3, -0.25) is 4.68 Å². The molecule has 28 heavy (non-hydrogen) atoms. The summed E-state index contributed by atoms with van der Waals surface area (Å²) in [6.07, 6.45) is 3.90. The molecule has 2 aromatic rings. The Balaban J connectivity index is 1.60. The van der Waals surface area contributed by atoms with Crippen molar-refractivity contribution in [3.05, 3.63) is 47.3 Å². The molecule has 1 saturated heterocycles. The average molecular weight is 384 g/mol. The highest BCUT2D eigenvalue weighted by Crippen LogP contribution is 2.35. The second kappa shape index (κ2) is 8.75. The molecule has 2 aliphatic heterocycles. The number of nitrogens with zero attached hydrogens (tertiary/aromatic N) is 3. The Morgan fingerprint density at radius 1 is 1.32 bits per heavy atom. The molecule has 1 fully saturated rings. The molecular formula is C21H28N4O3. The Morgan fingerprint density at radius 2 is 2.18 bits per heavy atom. The lowest BCUT2D eigenvalue weighted by Crippen LogP contribution is -2.41. The number of ether oxygens (including phenoxy) is 2. The van der Waals surface area contributed by atoms with Crippen LogP contribution in [0.4, 0.5) is 10.5 Å². The fraction of sp³-hybridized carbons (Fsp3) is 0.524. The van der Waals surface area contributed by atoms with Crippen LogP contribution in [0.5, 0.6) is 0 Å². The number of likely N-dealkylation sites (tertiary alicyclic amines) is 1. The Hall–Kier alpha value is -2.38. The van der Waals surface area contributed by atoms with Crippen LogP contribution in [0.25, 0.3) is 0 Å². The number of fused-ring (bicyclic) bond motifs is 1. The van der Waals surface area contributed by atoms with Crippen molar-refractivity contribution in [3.8, 4) is 0 Å². The highest BCUT2D eigenvalue weighted by atomic mass is 16.5. The van der Waals surface area contributed by atoms with E-state index in [1.54, 1.807) is 7.11 Å². The molecule has 3 heterocycles. The molecule has 0 spiro atoms. The first-order chi connectivity index (χ1) is 13.8. The number of para-hydroxylation sites is 1. The van der Waals surface area contributed by atoms with E-state index in [-0.39, 0.29) is 12.1 Å². The summed E-state index contributed by atoms with van der Waals surface area (Å²) in [6, 6.07) is 9.53. The van der Waals surface area contributed by atoms with E-state index in [1.165, 1.54) is 5.69 Å². The van der Waals surface area contributed by atoms with E-state index in [0.29, 0.717) is 19.8 Å². The number of urea groups is 1. The molecule has 1 unspecified atom stereocenters. The lowest BCUT2D eigenvalue weighted by Gasteiger charge is -2.35. The summed E-state index contributed by atoms with van der Waals surface area (Å²) in [6.45, 7) is 3.37. The standard InChI is InChI=1S/C21H28N4O3/c1-27-14-12-25-18-10-13-28-15-17(18)20(23-25)19-9-5-6-11-24(19)21(26)22-16-7-3-2-4-8-16/h2-4,7-8,19H,5-6,9-15H2,1H3,(H,22,26). The van der Waals surface area contributed by atoms with Crippen molar-refractivity contribution in [2.45, 2.75) is 44.9 Å². The van der Waals surface area contributed by atoms with Gasteiger partial charge in [0.25, 0.3) is 0 Å². The third-order valence-corrected chi connectivity index (χ3v) is 5.54. The summed E-state index contributed by atoms with van der Waals surface area (Å²) in [5, 5.41) is 7.96. The minimum atomic E-state index is -0.0622. The van der Waals surface area contributed by atoms with Crippen LogP contribution >= 0.6 is 0 Å². The number of rotatable bonds is 5. The van der Waals surface area contributed by atoms with E-state index >= 15 is 0 Å². The Bertz CT molecular complexity index is 805. The molecule has 2 aliphatic rings. The lowest BCUT2D eigenvalue weighted by molar-refractivity contribution is 0.105. The molecule has 2 amide bonds. The van der Waals surface area contributed by atoms with Gasteiger partial charge < -0.3 is 19.7 Å². The number of anilines is 1. The fourth-order valence-electron chi connectivity index (χ4n) is 4.14. The van der Waals surface area contributed by atoms with Crippen molar-refractivity contribution in [2.24, 2.45) is 0 Å². The van der Waals surface area contributed by atoms with Crippen LogP contribution in [0.1, 0.15) is 42.3 Å². The van der Waals surface area contributed by atoms with Gasteiger partial charge in [-0.2, -0.15) is 5.10 Å². The maximum Gasteiger partial charge on any atom is 0.322 e. The quantitative estimate of drug-likeness (QED) is 0.858. The van der Waals surface area contributed by atoms with Crippen molar-refractivity contribution in [1.29, 1.82) is 0 Å². The lowest BCUT2D eigenvalue weighted by atomic mass is 9.95. The number of carbonyl (C=O) groups is 1. The molecule has 1 N–H and O–H groups in total. The van der Waals surface area contributed by atoms with Gasteiger partial charge in [-0.05, 0) is 31.4 Å². The van der Waals surface area contributed by atoms with Crippen LogP contribution in [0.3, 0.4) is 0 Å². The van der Waals surface area contributed by atoms with Gasteiger partial charge in [0, 0.05) is 37.0 Å². The van der Waals surface area contributed by atoms with Gasteiger partial charge in [0.15, 0.2) is 0 Å². The number of methoxy groups -OCH3 is 1. The number of piperidine rings is 1. The predicted molar refractivity (Wildman–Crippen MR) is 106 cm³/mol. The summed E-state index contributed by atoms with van der Waals surface area (Å²) in [7, 11) is 1.71. The van der Waals surface area contributed by atoms with E-state index in [2.05, 4.69) is 10.00 Å². The normalized spacial score (nSPS) is 19.3. The molecular weight excluding hydrogens is 356 g/mol. The number of amides is 2. The minimum Gasteiger partial charge on any atom is -0.383 e. The van der Waals surface area contributed by atoms with Crippen LogP contribution < -0.4 is 5.32 Å². The zero-order chi connectivity index (χ0) is 19.3. The van der Waals surface area contributed by atoms with E-state index in [9.17, 15) is 4.79 Å². The van der Waals surface area contributed by atoms with E-state index in [4.69, 9.17) is 14.6 Å². The molecule has 7 nitrogen and oxygen atoms in total. The molecule has 0 saturated carbocycles. The Morgan fingerprint density at radius 3 is 3.00 bits per heavy atom. The maximum absolute atomic E-state index is 13.0. The van der Waals surface area contributed by atoms with Crippen LogP contribution in [0.15, 0.2) is 30.3 Å². The van der Waals surface area contributed by atoms with Crippen molar-refractivity contribution < 1.29 is 14.3 Å². The first kappa shape index (κ1) is 19.0. The summed E-state index contributed by atoms with van der Waals surface area (Å²) in [4.78, 5) is 15.0. The second-order valence-electron chi connectivity index (χ2n) is 7.33. The number of benzene rings is 1. The van der Waals surface area contributed by atoms with Crippen molar-refractivity contribution in [3.63, 3.8) is 0 Å². The monoisotopic (exact) mass is 384 g/mol. The Labute approximate surface area is 165 Å². The second-order valence-corrected chi connectivity index (χ2v) is 7.33. The summed E-state index contributed by atoms with van der Waals surface area (Å²) < 4.78 is 13.0. The first-order valence-corrected chi connectivity index (χ1v) is 10.1. The number of hydrogen-bond acceptors (Lipinski definition) is 4. The number of nitrogens with one attached hydrogen (secondary N) is 1. The van der Waals surface area contributed by atoms with Crippen LogP contribution in [-0.4, -0.2) is 47.6 Å². The van der Waals surface area contributed by atoms with Crippen molar-refractivity contribution in [1.82, 2.24) is 14.7 Å². The highest BCUT2D eigenvalue weighted by molar-refractivity contribution is 5.89. The van der Waals surface area contributed by atoms with E-state index < -0.39 is 0 Å². The van der Waals surface area contributed by atoms with Gasteiger partial charge in [-0.1, -0.05) is 18.2 Å². The molecule has 0 bridgehead atoms. The predicted octanol–water partition coefficient (Wildman–Crippen LogP) is 3.36. The molecule has 0 aliphatic carbocycles. The van der Waals surface area contributed by atoms with Gasteiger partial charge >= 0.3 is 6.03 Å². The zero-order valence-corrected chi connectivity index (χ0v) is 16.4. The Kier molecular flexibility index (Phi) is 5.92. The fourth-order valence-corrected chi connectivity index (χ4v) is 4.14. The van der Waals surface area contributed by atoms with Crippen molar-refractivity contribution >= 4 is 11.7 Å². The SMILES string of the molecule is COCCn1nc(C2CCCCN2C(=O)Nc2ccccc2)c2c1CCOC2. The average Bonchev–Trinajstić information content (AvgIpc) is 3.11. The summed E-state index contributed by atoms with van der Waals surface area (Å²) in [5.41, 5.74) is 4.19. The first-order valence-electron chi connectivity index (χ1n) is 10.1. The topological polar surface area (TPSA) is 68.6 Å². The van der Waals surface area contributed by atoms with Crippen LogP contribution in [0, 0.1) is 0 Å². The van der Waals surface area contributed by atoms with Gasteiger partial charge in [0.05, 0.1) is 38.1 Å². The largest absolute Gasteiger partial charge is 0.383 e. The number of aromatic nitrogens is 2. The molecule has 150 valence electrons. The molecule has 4 rings (SSSR count). The van der Waals surface area contributed by atoms with Gasteiger partial charge in [0.2, 0.25) is 0 Å². The van der Waals surface area contributed by atoms with Crippen LogP contribution in [0.2, 0.25) is 0 Å². The zero-order valence-electron chi connectivity index (χ0n) is 16.4. The summed E-state index contributed by atoms with van der Waals surface area (Å²) >= 11 is 0. The maximum atomic E-state index is 13.0. The van der Waals surface area contributed by atoms with Crippen LogP contribution in [-0.2, 0) is 29.0 Å². The highest BCUT2D eigenvalue weighted by Gasteiger charge is 2.34. The van der Waals surface area contributed by atoms with E-state index in [1.807, 2.05) is 35.2 Å². The van der Waals surface area contributed by atoms with Gasteiger partial charge in [0.1, 0.15) is 0 Å². The molecule has 1 atom stereocenters. The molecule has 7 heteroatoms. The van der Waals surface area contributed by atoms with Gasteiger partial charge in [-0.15, -0.1) is 0 Å². The minimum absolute atomic E-state index is 0.0169. The molecule has 1 aromatic heterocycles. The number of carbonyl (C=O) groups excluding carboxylic acids is 1.